The fraction of sp³-hybridized carbons (Fsp3) is 0.692. The third-order valence-electron chi connectivity index (χ3n) is 3.72. The van der Waals surface area contributed by atoms with Crippen LogP contribution in [0.3, 0.4) is 0 Å². The highest BCUT2D eigenvalue weighted by Crippen LogP contribution is 2.30. The smallest absolute Gasteiger partial charge is 0.250 e. The molecule has 2 atom stereocenters. The molecule has 0 bridgehead atoms. The molecular weight excluding hydrogens is 278 g/mol. The SMILES string of the molecule is NC(=O)CCCCCC(O)(C(N)=O)C1CCC(=O)NC1=O. The predicted molar refractivity (Wildman–Crippen MR) is 72.3 cm³/mol. The Kier molecular flexibility index (Phi) is 5.83. The van der Waals surface area contributed by atoms with E-state index in [9.17, 15) is 24.3 Å². The number of rotatable bonds is 8. The molecule has 2 unspecified atom stereocenters. The van der Waals surface area contributed by atoms with Crippen molar-refractivity contribution in [1.29, 1.82) is 0 Å². The van der Waals surface area contributed by atoms with Crippen LogP contribution in [0.5, 0.6) is 0 Å². The molecule has 1 fully saturated rings. The minimum atomic E-state index is -1.97. The highest BCUT2D eigenvalue weighted by molar-refractivity contribution is 6.02. The summed E-state index contributed by atoms with van der Waals surface area (Å²) in [4.78, 5) is 45.0. The standard InChI is InChI=1S/C13H21N3O5/c14-9(17)4-2-1-3-7-13(21,12(15)20)8-5-6-10(18)16-11(8)19/h8,21H,1-7H2,(H2,14,17)(H2,15,20)(H,16,18,19). The molecule has 6 N–H and O–H groups in total. The van der Waals surface area contributed by atoms with Crippen LogP contribution >= 0.6 is 0 Å². The highest BCUT2D eigenvalue weighted by Gasteiger charge is 2.47. The zero-order chi connectivity index (χ0) is 16.0. The monoisotopic (exact) mass is 299 g/mol. The summed E-state index contributed by atoms with van der Waals surface area (Å²) in [7, 11) is 0. The first-order valence-corrected chi connectivity index (χ1v) is 6.91. The summed E-state index contributed by atoms with van der Waals surface area (Å²) in [6, 6.07) is 0. The number of piperidine rings is 1. The molecule has 1 heterocycles. The maximum absolute atomic E-state index is 11.8. The Hall–Kier alpha value is -1.96. The van der Waals surface area contributed by atoms with E-state index in [2.05, 4.69) is 5.32 Å². The lowest BCUT2D eigenvalue weighted by Crippen LogP contribution is -2.57. The fourth-order valence-corrected chi connectivity index (χ4v) is 2.49. The fourth-order valence-electron chi connectivity index (χ4n) is 2.49. The van der Waals surface area contributed by atoms with Crippen LogP contribution < -0.4 is 16.8 Å². The van der Waals surface area contributed by atoms with Crippen molar-refractivity contribution < 1.29 is 24.3 Å². The maximum atomic E-state index is 11.8. The molecule has 118 valence electrons. The molecule has 1 saturated heterocycles. The average Bonchev–Trinajstić information content (AvgIpc) is 2.37. The van der Waals surface area contributed by atoms with Gasteiger partial charge in [0.05, 0.1) is 5.92 Å². The van der Waals surface area contributed by atoms with Gasteiger partial charge in [-0.3, -0.25) is 24.5 Å². The summed E-state index contributed by atoms with van der Waals surface area (Å²) < 4.78 is 0. The van der Waals surface area contributed by atoms with Gasteiger partial charge in [0.25, 0.3) is 0 Å². The molecule has 0 radical (unpaired) electrons. The van der Waals surface area contributed by atoms with E-state index in [0.717, 1.165) is 0 Å². The van der Waals surface area contributed by atoms with Gasteiger partial charge in [-0.25, -0.2) is 0 Å². The van der Waals surface area contributed by atoms with Gasteiger partial charge in [-0.05, 0) is 19.3 Å². The van der Waals surface area contributed by atoms with Gasteiger partial charge in [-0.2, -0.15) is 0 Å². The molecule has 0 aromatic carbocycles. The minimum absolute atomic E-state index is 0.00731. The van der Waals surface area contributed by atoms with E-state index >= 15 is 0 Å². The summed E-state index contributed by atoms with van der Waals surface area (Å²) in [6.45, 7) is 0. The summed E-state index contributed by atoms with van der Waals surface area (Å²) in [5, 5.41) is 12.5. The Labute approximate surface area is 122 Å². The van der Waals surface area contributed by atoms with E-state index in [0.29, 0.717) is 19.3 Å². The van der Waals surface area contributed by atoms with Gasteiger partial charge in [-0.15, -0.1) is 0 Å². The number of carbonyl (C=O) groups excluding carboxylic acids is 4. The number of imide groups is 1. The van der Waals surface area contributed by atoms with Crippen molar-refractivity contribution in [2.24, 2.45) is 17.4 Å². The molecule has 1 aliphatic heterocycles. The lowest BCUT2D eigenvalue weighted by molar-refractivity contribution is -0.156. The van der Waals surface area contributed by atoms with Crippen LogP contribution in [-0.4, -0.2) is 34.3 Å². The second-order valence-corrected chi connectivity index (χ2v) is 5.32. The normalized spacial score (nSPS) is 21.5. The Morgan fingerprint density at radius 3 is 2.43 bits per heavy atom. The summed E-state index contributed by atoms with van der Waals surface area (Å²) in [5.74, 6) is -3.52. The molecule has 1 rings (SSSR count). The van der Waals surface area contributed by atoms with Gasteiger partial charge in [0.15, 0.2) is 5.60 Å². The molecule has 4 amide bonds. The van der Waals surface area contributed by atoms with E-state index in [1.165, 1.54) is 0 Å². The molecule has 8 nitrogen and oxygen atoms in total. The number of unbranched alkanes of at least 4 members (excludes halogenated alkanes) is 2. The van der Waals surface area contributed by atoms with Crippen molar-refractivity contribution in [3.63, 3.8) is 0 Å². The molecule has 8 heteroatoms. The van der Waals surface area contributed by atoms with Gasteiger partial charge < -0.3 is 16.6 Å². The quantitative estimate of drug-likeness (QED) is 0.324. The van der Waals surface area contributed by atoms with Crippen LogP contribution in [0.1, 0.15) is 44.9 Å². The lowest BCUT2D eigenvalue weighted by atomic mass is 9.77. The summed E-state index contributed by atoms with van der Waals surface area (Å²) in [6.07, 6.45) is 1.93. The highest BCUT2D eigenvalue weighted by atomic mass is 16.3. The summed E-state index contributed by atoms with van der Waals surface area (Å²) >= 11 is 0. The molecular formula is C13H21N3O5. The summed E-state index contributed by atoms with van der Waals surface area (Å²) in [5.41, 5.74) is 8.27. The van der Waals surface area contributed by atoms with Crippen molar-refractivity contribution in [2.75, 3.05) is 0 Å². The van der Waals surface area contributed by atoms with Crippen LogP contribution in [0.4, 0.5) is 0 Å². The Bertz CT molecular complexity index is 451. The molecule has 0 spiro atoms. The van der Waals surface area contributed by atoms with E-state index in [1.807, 2.05) is 0 Å². The zero-order valence-electron chi connectivity index (χ0n) is 11.8. The van der Waals surface area contributed by atoms with Crippen LogP contribution in [-0.2, 0) is 19.2 Å². The number of nitrogens with two attached hydrogens (primary N) is 2. The van der Waals surface area contributed by atoms with Crippen molar-refractivity contribution in [3.05, 3.63) is 0 Å². The molecule has 1 aliphatic rings. The number of hydrogen-bond donors (Lipinski definition) is 4. The first kappa shape index (κ1) is 17.1. The van der Waals surface area contributed by atoms with Gasteiger partial charge in [-0.1, -0.05) is 12.8 Å². The third kappa shape index (κ3) is 4.52. The Morgan fingerprint density at radius 1 is 1.24 bits per heavy atom. The lowest BCUT2D eigenvalue weighted by Gasteiger charge is -2.34. The number of hydrogen-bond acceptors (Lipinski definition) is 5. The van der Waals surface area contributed by atoms with Gasteiger partial charge >= 0.3 is 0 Å². The zero-order valence-corrected chi connectivity index (χ0v) is 11.8. The van der Waals surface area contributed by atoms with E-state index in [4.69, 9.17) is 11.5 Å². The Balaban J connectivity index is 2.61. The molecule has 21 heavy (non-hydrogen) atoms. The topological polar surface area (TPSA) is 153 Å². The largest absolute Gasteiger partial charge is 0.379 e. The van der Waals surface area contributed by atoms with Crippen LogP contribution in [0.2, 0.25) is 0 Å². The molecule has 0 aromatic rings. The predicted octanol–water partition coefficient (Wildman–Crippen LogP) is -1.31. The first-order chi connectivity index (χ1) is 9.77. The van der Waals surface area contributed by atoms with Crippen molar-refractivity contribution in [3.8, 4) is 0 Å². The van der Waals surface area contributed by atoms with Crippen LogP contribution in [0.15, 0.2) is 0 Å². The van der Waals surface area contributed by atoms with Crippen LogP contribution in [0.25, 0.3) is 0 Å². The first-order valence-electron chi connectivity index (χ1n) is 6.91. The number of primary amides is 2. The van der Waals surface area contributed by atoms with Crippen molar-refractivity contribution >= 4 is 23.6 Å². The van der Waals surface area contributed by atoms with Gasteiger partial charge in [0.1, 0.15) is 0 Å². The molecule has 0 aromatic heterocycles. The molecule has 0 saturated carbocycles. The second-order valence-electron chi connectivity index (χ2n) is 5.32. The average molecular weight is 299 g/mol. The van der Waals surface area contributed by atoms with Crippen molar-refractivity contribution in [2.45, 2.75) is 50.5 Å². The maximum Gasteiger partial charge on any atom is 0.250 e. The van der Waals surface area contributed by atoms with E-state index in [1.54, 1.807) is 0 Å². The number of aliphatic hydroxyl groups is 1. The third-order valence-corrected chi connectivity index (χ3v) is 3.72. The van der Waals surface area contributed by atoms with E-state index in [-0.39, 0.29) is 25.7 Å². The second kappa shape index (κ2) is 7.16. The van der Waals surface area contributed by atoms with E-state index < -0.39 is 35.1 Å². The minimum Gasteiger partial charge on any atom is -0.379 e. The molecule has 0 aliphatic carbocycles. The number of amides is 4. The van der Waals surface area contributed by atoms with Gasteiger partial charge in [0, 0.05) is 12.8 Å². The number of carbonyl (C=O) groups is 4. The Morgan fingerprint density at radius 2 is 1.90 bits per heavy atom. The van der Waals surface area contributed by atoms with Gasteiger partial charge in [0.2, 0.25) is 23.6 Å². The van der Waals surface area contributed by atoms with Crippen molar-refractivity contribution in [1.82, 2.24) is 5.32 Å². The number of nitrogens with one attached hydrogen (secondary N) is 1. The van der Waals surface area contributed by atoms with Crippen LogP contribution in [0, 0.1) is 5.92 Å².